The number of carbonyl (C=O) groups excluding carboxylic acids is 6. The predicted molar refractivity (Wildman–Crippen MR) is 179 cm³/mol. The Balaban J connectivity index is 1.85. The molecule has 2 aliphatic heterocycles. The van der Waals surface area contributed by atoms with E-state index >= 15 is 0 Å². The van der Waals surface area contributed by atoms with Crippen LogP contribution in [0, 0.1) is 28.1 Å². The molecule has 50 heavy (non-hydrogen) atoms. The molecule has 7 amide bonds. The second-order valence-electron chi connectivity index (χ2n) is 16.5. The fourth-order valence-electron chi connectivity index (χ4n) is 6.92. The maximum absolute atomic E-state index is 14.3. The minimum absolute atomic E-state index is 0.109. The molecule has 16 heteroatoms. The number of hydrogen-bond acceptors (Lipinski definition) is 6. The zero-order chi connectivity index (χ0) is 38.1. The van der Waals surface area contributed by atoms with Crippen LogP contribution in [-0.2, 0) is 19.2 Å². The Labute approximate surface area is 292 Å². The van der Waals surface area contributed by atoms with Gasteiger partial charge in [-0.3, -0.25) is 19.2 Å². The number of fused-ring (bicyclic) bond motifs is 1. The van der Waals surface area contributed by atoms with Gasteiger partial charge < -0.3 is 36.0 Å². The number of nitrogens with one attached hydrogen (secondary N) is 4. The first-order chi connectivity index (χ1) is 22.8. The summed E-state index contributed by atoms with van der Waals surface area (Å²) in [7, 11) is 1.71. The number of hydrogen-bond donors (Lipinski definition) is 4. The van der Waals surface area contributed by atoms with Gasteiger partial charge in [-0.2, -0.15) is 13.2 Å². The fraction of sp³-hybridized carbons (Fsp3) is 0.765. The van der Waals surface area contributed by atoms with Crippen molar-refractivity contribution in [1.29, 1.82) is 0 Å². The second kappa shape index (κ2) is 14.8. The molecule has 0 radical (unpaired) electrons. The van der Waals surface area contributed by atoms with Crippen LogP contribution in [0.4, 0.5) is 22.8 Å². The number of carbonyl (C=O) groups is 6. The lowest BCUT2D eigenvalue weighted by Gasteiger charge is -2.41. The van der Waals surface area contributed by atoms with Gasteiger partial charge in [0.1, 0.15) is 18.1 Å². The van der Waals surface area contributed by atoms with E-state index in [0.29, 0.717) is 13.1 Å². The topological polar surface area (TPSA) is 160 Å². The minimum Gasteiger partial charge on any atom is -0.346 e. The fourth-order valence-corrected chi connectivity index (χ4v) is 6.92. The van der Waals surface area contributed by atoms with E-state index in [1.54, 1.807) is 37.6 Å². The summed E-state index contributed by atoms with van der Waals surface area (Å²) in [5.41, 5.74) is -1.78. The van der Waals surface area contributed by atoms with Gasteiger partial charge in [0.15, 0.2) is 0 Å². The summed E-state index contributed by atoms with van der Waals surface area (Å²) in [4.78, 5) is 84.1. The quantitative estimate of drug-likeness (QED) is 0.180. The number of Topliss-reactive ketones (excluding diaryl/α,β-unsaturated/α-hetero) is 1. The molecule has 0 spiro atoms. The SMILES string of the molecule is C=CCNC(=O)C(=O)C(CC(F)(F)F)NC(=O)[C@@H]1[C@@H]2[C@H](CN1C(=O)[C@@H](NC(=O)N[C@H](CN1CCCN(C)C1=O)C(C)(C)C)C(C)(C)C)C2(C)C. The molecule has 3 aliphatic rings. The molecule has 0 aromatic carbocycles. The zero-order valence-electron chi connectivity index (χ0n) is 30.6. The number of alkyl halides is 3. The number of rotatable bonds is 12. The van der Waals surface area contributed by atoms with E-state index in [4.69, 9.17) is 0 Å². The van der Waals surface area contributed by atoms with Gasteiger partial charge in [0.25, 0.3) is 5.91 Å². The highest BCUT2D eigenvalue weighted by Gasteiger charge is 2.70. The number of piperidine rings is 1. The van der Waals surface area contributed by atoms with Crippen molar-refractivity contribution in [2.75, 3.05) is 39.8 Å². The Bertz CT molecular complexity index is 1360. The normalized spacial score (nSPS) is 23.6. The molecule has 4 N–H and O–H groups in total. The van der Waals surface area contributed by atoms with E-state index in [1.807, 2.05) is 34.6 Å². The summed E-state index contributed by atoms with van der Waals surface area (Å²) in [5.74, 6) is -4.97. The smallest absolute Gasteiger partial charge is 0.346 e. The van der Waals surface area contributed by atoms with Crippen molar-refractivity contribution in [2.45, 2.75) is 98.6 Å². The minimum atomic E-state index is -4.89. The molecule has 3 rings (SSSR count). The van der Waals surface area contributed by atoms with Gasteiger partial charge in [0.2, 0.25) is 17.6 Å². The van der Waals surface area contributed by atoms with Gasteiger partial charge in [0.05, 0.1) is 12.5 Å². The lowest BCUT2D eigenvalue weighted by Crippen LogP contribution is -2.63. The van der Waals surface area contributed by atoms with E-state index in [1.165, 1.54) is 11.0 Å². The molecule has 2 heterocycles. The molecule has 1 aliphatic carbocycles. The second-order valence-corrected chi connectivity index (χ2v) is 16.5. The van der Waals surface area contributed by atoms with E-state index in [2.05, 4.69) is 27.8 Å². The van der Waals surface area contributed by atoms with E-state index < -0.39 is 88.5 Å². The standard InChI is InChI=1S/C34H54F3N7O6/c1-11-13-38-27(47)24(45)20(16-34(35,36)37)39-26(46)23-22-19(33(22,8)9)17-44(23)28(48)25(32(5,6)7)41-29(49)40-21(31(2,3)4)18-43-15-12-14-42(10)30(43)50/h11,19-23,25H,1,12-18H2,2-10H3,(H,38,47)(H,39,46)(H2,40,41,49)/t19-,20?,21+,22-,23-,25+/m0/s1. The van der Waals surface area contributed by atoms with E-state index in [-0.39, 0.29) is 31.6 Å². The van der Waals surface area contributed by atoms with Crippen LogP contribution in [0.25, 0.3) is 0 Å². The van der Waals surface area contributed by atoms with Crippen LogP contribution in [-0.4, -0.2) is 120 Å². The maximum atomic E-state index is 14.3. The van der Waals surface area contributed by atoms with Gasteiger partial charge in [-0.1, -0.05) is 61.5 Å². The lowest BCUT2D eigenvalue weighted by atomic mass is 9.84. The molecule has 0 aromatic heterocycles. The number of ketones is 1. The van der Waals surface area contributed by atoms with Gasteiger partial charge in [-0.05, 0) is 34.5 Å². The summed E-state index contributed by atoms with van der Waals surface area (Å²) >= 11 is 0. The maximum Gasteiger partial charge on any atom is 0.391 e. The first kappa shape index (κ1) is 40.6. The monoisotopic (exact) mass is 713 g/mol. The van der Waals surface area contributed by atoms with Crippen molar-refractivity contribution in [3.8, 4) is 0 Å². The van der Waals surface area contributed by atoms with Crippen molar-refractivity contribution in [3.63, 3.8) is 0 Å². The zero-order valence-corrected chi connectivity index (χ0v) is 30.6. The third-order valence-electron chi connectivity index (χ3n) is 10.1. The Hall–Kier alpha value is -3.85. The molecule has 3 fully saturated rings. The van der Waals surface area contributed by atoms with Gasteiger partial charge >= 0.3 is 18.2 Å². The van der Waals surface area contributed by atoms with E-state index in [9.17, 15) is 41.9 Å². The van der Waals surface area contributed by atoms with Crippen LogP contribution in [0.15, 0.2) is 12.7 Å². The molecule has 1 saturated carbocycles. The van der Waals surface area contributed by atoms with Crippen molar-refractivity contribution >= 4 is 35.6 Å². The molecule has 6 atom stereocenters. The third kappa shape index (κ3) is 9.47. The highest BCUT2D eigenvalue weighted by Crippen LogP contribution is 2.65. The van der Waals surface area contributed by atoms with Crippen molar-refractivity contribution in [1.82, 2.24) is 36.0 Å². The van der Waals surface area contributed by atoms with Crippen molar-refractivity contribution in [2.24, 2.45) is 28.1 Å². The first-order valence-electron chi connectivity index (χ1n) is 17.0. The Morgan fingerprint density at radius 3 is 2.14 bits per heavy atom. The number of likely N-dealkylation sites (tertiary alicyclic amines) is 1. The summed E-state index contributed by atoms with van der Waals surface area (Å²) in [6.45, 7) is 19.5. The highest BCUT2D eigenvalue weighted by atomic mass is 19.4. The van der Waals surface area contributed by atoms with Crippen LogP contribution in [0.1, 0.15) is 68.2 Å². The van der Waals surface area contributed by atoms with Crippen LogP contribution < -0.4 is 21.3 Å². The molecule has 282 valence electrons. The molecule has 1 unspecified atom stereocenters. The van der Waals surface area contributed by atoms with Crippen molar-refractivity contribution in [3.05, 3.63) is 12.7 Å². The molecule has 0 aromatic rings. The van der Waals surface area contributed by atoms with Crippen LogP contribution in [0.2, 0.25) is 0 Å². The van der Waals surface area contributed by atoms with Crippen LogP contribution >= 0.6 is 0 Å². The third-order valence-corrected chi connectivity index (χ3v) is 10.1. The summed E-state index contributed by atoms with van der Waals surface area (Å²) in [5, 5.41) is 9.99. The predicted octanol–water partition coefficient (Wildman–Crippen LogP) is 2.66. The average molecular weight is 714 g/mol. The van der Waals surface area contributed by atoms with Gasteiger partial charge in [0, 0.05) is 39.8 Å². The highest BCUT2D eigenvalue weighted by molar-refractivity contribution is 6.38. The van der Waals surface area contributed by atoms with Crippen LogP contribution in [0.5, 0.6) is 0 Å². The molecule has 2 saturated heterocycles. The van der Waals surface area contributed by atoms with Crippen LogP contribution in [0.3, 0.4) is 0 Å². The summed E-state index contributed by atoms with van der Waals surface area (Å²) in [6.07, 6.45) is -4.65. The Morgan fingerprint density at radius 2 is 1.60 bits per heavy atom. The van der Waals surface area contributed by atoms with Gasteiger partial charge in [-0.15, -0.1) is 6.58 Å². The molecular weight excluding hydrogens is 659 g/mol. The summed E-state index contributed by atoms with van der Waals surface area (Å²) < 4.78 is 40.6. The molecule has 13 nitrogen and oxygen atoms in total. The van der Waals surface area contributed by atoms with Gasteiger partial charge in [-0.25, -0.2) is 9.59 Å². The number of halogens is 3. The number of amides is 7. The average Bonchev–Trinajstić information content (AvgIpc) is 3.29. The summed E-state index contributed by atoms with van der Waals surface area (Å²) in [6, 6.07) is -5.94. The molecule has 0 bridgehead atoms. The Kier molecular flexibility index (Phi) is 12.0. The Morgan fingerprint density at radius 1 is 0.980 bits per heavy atom. The van der Waals surface area contributed by atoms with E-state index in [0.717, 1.165) is 6.42 Å². The molecular formula is C34H54F3N7O6. The first-order valence-corrected chi connectivity index (χ1v) is 17.0. The number of nitrogens with zero attached hydrogens (tertiary/aromatic N) is 3. The lowest BCUT2D eigenvalue weighted by molar-refractivity contribution is -0.155. The van der Waals surface area contributed by atoms with Crippen molar-refractivity contribution < 1.29 is 41.9 Å². The number of urea groups is 2. The largest absolute Gasteiger partial charge is 0.391 e.